The van der Waals surface area contributed by atoms with Crippen LogP contribution < -0.4 is 0 Å². The van der Waals surface area contributed by atoms with Crippen LogP contribution in [0.3, 0.4) is 0 Å². The molecule has 20 heavy (non-hydrogen) atoms. The van der Waals surface area contributed by atoms with E-state index < -0.39 is 0 Å². The highest BCUT2D eigenvalue weighted by atomic mass is 17.2. The van der Waals surface area contributed by atoms with E-state index in [-0.39, 0.29) is 12.0 Å². The molecule has 1 N–H and O–H groups in total. The van der Waals surface area contributed by atoms with Crippen LogP contribution in [0.15, 0.2) is 12.7 Å². The molecule has 114 valence electrons. The molecule has 0 amide bonds. The Kier molecular flexibility index (Phi) is 4.76. The maximum absolute atomic E-state index is 9.80. The maximum atomic E-state index is 9.80. The van der Waals surface area contributed by atoms with E-state index >= 15 is 0 Å². The van der Waals surface area contributed by atoms with Gasteiger partial charge >= 0.3 is 0 Å². The topological polar surface area (TPSA) is 51.2 Å². The predicted octanol–water partition coefficient (Wildman–Crippen LogP) is 2.47. The highest BCUT2D eigenvalue weighted by Crippen LogP contribution is 2.39. The maximum Gasteiger partial charge on any atom is 0.0851 e. The molecule has 0 aromatic rings. The lowest BCUT2D eigenvalue weighted by molar-refractivity contribution is -0.310. The van der Waals surface area contributed by atoms with Gasteiger partial charge in [0.15, 0.2) is 0 Å². The number of hydrogen-bond donors (Lipinski definition) is 1. The Hall–Kier alpha value is -0.420. The second-order valence-electron chi connectivity index (χ2n) is 6.61. The van der Waals surface area contributed by atoms with Crippen molar-refractivity contribution in [3.05, 3.63) is 12.7 Å². The van der Waals surface area contributed by atoms with Crippen LogP contribution in [-0.4, -0.2) is 36.6 Å². The first-order valence-electron chi connectivity index (χ1n) is 7.96. The smallest absolute Gasteiger partial charge is 0.0851 e. The van der Waals surface area contributed by atoms with Crippen LogP contribution in [0.2, 0.25) is 0 Å². The van der Waals surface area contributed by atoms with Crippen molar-refractivity contribution in [1.29, 1.82) is 0 Å². The highest BCUT2D eigenvalue weighted by Gasteiger charge is 2.43. The van der Waals surface area contributed by atoms with Gasteiger partial charge in [-0.15, -0.1) is 6.58 Å². The van der Waals surface area contributed by atoms with Gasteiger partial charge in [-0.2, -0.15) is 0 Å². The summed E-state index contributed by atoms with van der Waals surface area (Å²) < 4.78 is 5.51. The first-order valence-corrected chi connectivity index (χ1v) is 7.96. The summed E-state index contributed by atoms with van der Waals surface area (Å²) in [4.78, 5) is 10.8. The number of hydrogen-bond acceptors (Lipinski definition) is 4. The molecule has 3 aliphatic rings. The van der Waals surface area contributed by atoms with Crippen molar-refractivity contribution < 1.29 is 19.6 Å². The molecular weight excluding hydrogens is 256 g/mol. The van der Waals surface area contributed by atoms with E-state index in [2.05, 4.69) is 6.58 Å². The third-order valence-electron chi connectivity index (χ3n) is 5.08. The third-order valence-corrected chi connectivity index (χ3v) is 5.08. The van der Waals surface area contributed by atoms with Crippen molar-refractivity contribution in [3.8, 4) is 0 Å². The summed E-state index contributed by atoms with van der Waals surface area (Å²) in [7, 11) is 0. The van der Waals surface area contributed by atoms with Gasteiger partial charge in [0.2, 0.25) is 0 Å². The number of rotatable bonds is 6. The Labute approximate surface area is 121 Å². The number of ether oxygens (including phenoxy) is 1. The van der Waals surface area contributed by atoms with Crippen LogP contribution in [-0.2, 0) is 14.5 Å². The van der Waals surface area contributed by atoms with Crippen molar-refractivity contribution in [2.45, 2.75) is 56.8 Å². The molecule has 4 nitrogen and oxygen atoms in total. The van der Waals surface area contributed by atoms with Crippen LogP contribution in [0.1, 0.15) is 38.5 Å². The Bertz CT molecular complexity index is 332. The summed E-state index contributed by atoms with van der Waals surface area (Å²) in [5, 5.41) is 9.80. The summed E-state index contributed by atoms with van der Waals surface area (Å²) >= 11 is 0. The highest BCUT2D eigenvalue weighted by molar-refractivity contribution is 4.92. The van der Waals surface area contributed by atoms with E-state index in [0.717, 1.165) is 25.7 Å². The Morgan fingerprint density at radius 3 is 2.40 bits per heavy atom. The average Bonchev–Trinajstić information content (AvgIpc) is 3.23. The molecule has 6 unspecified atom stereocenters. The lowest BCUT2D eigenvalue weighted by atomic mass is 9.80. The molecule has 3 fully saturated rings. The molecular formula is C16H26O4. The first kappa shape index (κ1) is 14.5. The standard InChI is InChI=1S/C16H26O4/c1-2-13-7-11(3-5-14(13)17)9-18-19-10-12-4-6-15-16(8-12)20-15/h2,11-17H,1,3-10H2. The number of epoxide rings is 1. The van der Waals surface area contributed by atoms with Gasteiger partial charge in [0, 0.05) is 5.92 Å². The Morgan fingerprint density at radius 1 is 1.00 bits per heavy atom. The van der Waals surface area contributed by atoms with Crippen LogP contribution >= 0.6 is 0 Å². The third kappa shape index (κ3) is 3.61. The van der Waals surface area contributed by atoms with E-state index in [0.29, 0.717) is 37.3 Å². The van der Waals surface area contributed by atoms with E-state index in [9.17, 15) is 5.11 Å². The normalized spacial score (nSPS) is 43.9. The molecule has 1 heterocycles. The largest absolute Gasteiger partial charge is 0.393 e. The zero-order valence-electron chi connectivity index (χ0n) is 12.1. The lowest BCUT2D eigenvalue weighted by Crippen LogP contribution is -2.30. The fraction of sp³-hybridized carbons (Fsp3) is 0.875. The second kappa shape index (κ2) is 6.56. The van der Waals surface area contributed by atoms with E-state index in [4.69, 9.17) is 14.5 Å². The fourth-order valence-corrected chi connectivity index (χ4v) is 3.61. The van der Waals surface area contributed by atoms with Crippen molar-refractivity contribution >= 4 is 0 Å². The molecule has 3 rings (SSSR count). The van der Waals surface area contributed by atoms with Gasteiger partial charge in [0.1, 0.15) is 0 Å². The van der Waals surface area contributed by atoms with Gasteiger partial charge in [-0.05, 0) is 50.4 Å². The summed E-state index contributed by atoms with van der Waals surface area (Å²) in [6.07, 6.45) is 9.01. The van der Waals surface area contributed by atoms with Gasteiger partial charge in [-0.3, -0.25) is 0 Å². The average molecular weight is 282 g/mol. The molecule has 6 atom stereocenters. The second-order valence-corrected chi connectivity index (χ2v) is 6.61. The zero-order chi connectivity index (χ0) is 13.9. The molecule has 4 heteroatoms. The van der Waals surface area contributed by atoms with E-state index in [1.54, 1.807) is 0 Å². The lowest BCUT2D eigenvalue weighted by Gasteiger charge is -2.31. The number of aliphatic hydroxyl groups is 1. The monoisotopic (exact) mass is 282 g/mol. The van der Waals surface area contributed by atoms with Gasteiger partial charge in [0.05, 0.1) is 31.5 Å². The van der Waals surface area contributed by atoms with Crippen molar-refractivity contribution in [1.82, 2.24) is 0 Å². The minimum Gasteiger partial charge on any atom is -0.393 e. The van der Waals surface area contributed by atoms with Crippen LogP contribution in [0.4, 0.5) is 0 Å². The molecule has 0 aromatic carbocycles. The van der Waals surface area contributed by atoms with Crippen molar-refractivity contribution in [2.75, 3.05) is 13.2 Å². The summed E-state index contributed by atoms with van der Waals surface area (Å²) in [5.41, 5.74) is 0. The van der Waals surface area contributed by atoms with Gasteiger partial charge in [-0.25, -0.2) is 9.78 Å². The minimum absolute atomic E-state index is 0.208. The minimum atomic E-state index is -0.224. The molecule has 1 aliphatic heterocycles. The molecule has 0 spiro atoms. The summed E-state index contributed by atoms with van der Waals surface area (Å²) in [6, 6.07) is 0. The summed E-state index contributed by atoms with van der Waals surface area (Å²) in [5.74, 6) is 1.27. The number of fused-ring (bicyclic) bond motifs is 1. The van der Waals surface area contributed by atoms with Crippen LogP contribution in [0, 0.1) is 17.8 Å². The molecule has 2 saturated carbocycles. The molecule has 2 aliphatic carbocycles. The van der Waals surface area contributed by atoms with Crippen molar-refractivity contribution in [2.24, 2.45) is 17.8 Å². The van der Waals surface area contributed by atoms with Gasteiger partial charge in [-0.1, -0.05) is 6.08 Å². The van der Waals surface area contributed by atoms with Crippen LogP contribution in [0.5, 0.6) is 0 Å². The zero-order valence-corrected chi connectivity index (χ0v) is 12.1. The molecule has 0 bridgehead atoms. The number of aliphatic hydroxyl groups excluding tert-OH is 1. The Balaban J connectivity index is 1.28. The SMILES string of the molecule is C=CC1CC(COOCC2CCC3OC3C2)CCC1O. The van der Waals surface area contributed by atoms with E-state index in [1.807, 2.05) is 6.08 Å². The predicted molar refractivity (Wildman–Crippen MR) is 74.9 cm³/mol. The van der Waals surface area contributed by atoms with Crippen molar-refractivity contribution in [3.63, 3.8) is 0 Å². The first-order chi connectivity index (χ1) is 9.76. The van der Waals surface area contributed by atoms with Gasteiger partial charge in [0.25, 0.3) is 0 Å². The molecule has 0 aromatic heterocycles. The van der Waals surface area contributed by atoms with E-state index in [1.165, 1.54) is 12.8 Å². The summed E-state index contributed by atoms with van der Waals surface area (Å²) in [6.45, 7) is 5.11. The Morgan fingerprint density at radius 2 is 1.70 bits per heavy atom. The van der Waals surface area contributed by atoms with Crippen LogP contribution in [0.25, 0.3) is 0 Å². The fourth-order valence-electron chi connectivity index (χ4n) is 3.61. The molecule has 1 saturated heterocycles. The quantitative estimate of drug-likeness (QED) is 0.267. The molecule has 0 radical (unpaired) electrons. The van der Waals surface area contributed by atoms with Gasteiger partial charge < -0.3 is 9.84 Å².